The number of aliphatic hydroxyl groups is 6. The van der Waals surface area contributed by atoms with Crippen molar-refractivity contribution in [2.75, 3.05) is 7.11 Å². The van der Waals surface area contributed by atoms with E-state index in [4.69, 9.17) is 56.8 Å². The summed E-state index contributed by atoms with van der Waals surface area (Å²) in [7, 11) is 1.20. The summed E-state index contributed by atoms with van der Waals surface area (Å²) in [4.78, 5) is 53.4. The van der Waals surface area contributed by atoms with Crippen molar-refractivity contribution in [3.8, 4) is 17.2 Å². The predicted octanol–water partition coefficient (Wildman–Crippen LogP) is 1.73. The van der Waals surface area contributed by atoms with Gasteiger partial charge in [-0.1, -0.05) is 6.08 Å². The average molecular weight is 1120 g/mol. The van der Waals surface area contributed by atoms with Gasteiger partial charge < -0.3 is 97.7 Å². The number of fused-ring (bicyclic) bond motifs is 2. The topological polar surface area (TPSA) is 341 Å². The molecule has 0 unspecified atom stereocenters. The molecule has 2 aromatic carbocycles. The SMILES string of the molecule is C/C=C/C(=O)O[C@@H]1C[C@H](O[C@H]2C[C@H](Oc3cc4cc5c(c(O)c4c(O)c3C)C(=O)[C@@H](O[C@H]3C[C@@H](O[C@@H]4C[C@@H](O)[C@@H](O[C@H]6C[C@](C)(O)[C@H](O)[C@@H](C)O6)[C@@H](C)O4)[C@H](O)[C@@H](C)O3)[C@H]([C@H](OC)C(=O)C(C)=O)C5)O[C@H](C)[C@H]2O)O[C@H](C)[C@H]1O. The zero-order chi connectivity index (χ0) is 57.7. The average Bonchev–Trinajstić information content (AvgIpc) is 3.57. The van der Waals surface area contributed by atoms with Crippen LogP contribution in [-0.4, -0.2) is 206 Å². The molecule has 0 bridgehead atoms. The second kappa shape index (κ2) is 24.6. The lowest BCUT2D eigenvalue weighted by Crippen LogP contribution is -2.58. The van der Waals surface area contributed by atoms with Crippen LogP contribution in [0.3, 0.4) is 0 Å². The largest absolute Gasteiger partial charge is 0.507 e. The number of ketones is 3. The van der Waals surface area contributed by atoms with Crippen molar-refractivity contribution in [2.24, 2.45) is 5.92 Å². The number of benzene rings is 2. The Bertz CT molecular complexity index is 2560. The molecule has 8 rings (SSSR count). The highest BCUT2D eigenvalue weighted by Gasteiger charge is 2.51. The van der Waals surface area contributed by atoms with Gasteiger partial charge in [-0.2, -0.15) is 0 Å². The molecule has 8 N–H and O–H groups in total. The third-order valence-electron chi connectivity index (χ3n) is 16.0. The molecule has 1 aliphatic carbocycles. The van der Waals surface area contributed by atoms with Gasteiger partial charge >= 0.3 is 5.97 Å². The molecule has 0 amide bonds. The number of hydrogen-bond acceptors (Lipinski definition) is 24. The van der Waals surface area contributed by atoms with E-state index in [2.05, 4.69) is 0 Å². The molecular formula is C55H76O24. The molecule has 24 nitrogen and oxygen atoms in total. The number of carbonyl (C=O) groups excluding carboxylic acids is 4. The third-order valence-corrected chi connectivity index (χ3v) is 16.0. The molecule has 5 heterocycles. The number of allylic oxidation sites excluding steroid dienone is 1. The number of Topliss-reactive ketones (excluding diaryl/α,β-unsaturated/α-hetero) is 3. The van der Waals surface area contributed by atoms with Gasteiger partial charge in [-0.3, -0.25) is 14.4 Å². The molecule has 5 saturated heterocycles. The van der Waals surface area contributed by atoms with Crippen LogP contribution in [0, 0.1) is 12.8 Å². The molecule has 6 aliphatic rings. The fraction of sp³-hybridized carbons (Fsp3) is 0.709. The van der Waals surface area contributed by atoms with Crippen LogP contribution in [0.4, 0.5) is 0 Å². The van der Waals surface area contributed by atoms with Crippen molar-refractivity contribution in [3.63, 3.8) is 0 Å². The summed E-state index contributed by atoms with van der Waals surface area (Å²) < 4.78 is 72.2. The highest BCUT2D eigenvalue weighted by atomic mass is 16.7. The number of hydrogen-bond donors (Lipinski definition) is 8. The lowest BCUT2D eigenvalue weighted by Gasteiger charge is -2.46. The number of carbonyl (C=O) groups is 4. The normalized spacial score (nSPS) is 40.5. The van der Waals surface area contributed by atoms with Crippen molar-refractivity contribution in [3.05, 3.63) is 41.0 Å². The first-order valence-corrected chi connectivity index (χ1v) is 26.9. The highest BCUT2D eigenvalue weighted by molar-refractivity contribution is 6.38. The number of phenolic OH excluding ortho intramolecular Hbond substituents is 2. The zero-order valence-corrected chi connectivity index (χ0v) is 45.9. The van der Waals surface area contributed by atoms with E-state index >= 15 is 0 Å². The molecule has 0 aromatic heterocycles. The number of methoxy groups -OCH3 is 1. The van der Waals surface area contributed by atoms with Gasteiger partial charge in [0.05, 0.1) is 65.4 Å². The lowest BCUT2D eigenvalue weighted by molar-refractivity contribution is -0.337. The summed E-state index contributed by atoms with van der Waals surface area (Å²) in [6.07, 6.45) is -20.5. The van der Waals surface area contributed by atoms with Crippen molar-refractivity contribution in [1.82, 2.24) is 0 Å². The minimum Gasteiger partial charge on any atom is -0.507 e. The van der Waals surface area contributed by atoms with E-state index in [1.165, 1.54) is 45.2 Å². The van der Waals surface area contributed by atoms with Crippen LogP contribution >= 0.6 is 0 Å². The number of esters is 1. The molecule has 5 fully saturated rings. The Labute approximate surface area is 456 Å². The molecule has 2 aromatic rings. The van der Waals surface area contributed by atoms with Crippen LogP contribution in [0.25, 0.3) is 10.8 Å². The third kappa shape index (κ3) is 12.8. The van der Waals surface area contributed by atoms with Crippen molar-refractivity contribution in [1.29, 1.82) is 0 Å². The van der Waals surface area contributed by atoms with E-state index in [1.807, 2.05) is 0 Å². The number of aromatic hydroxyl groups is 2. The van der Waals surface area contributed by atoms with Gasteiger partial charge in [0.2, 0.25) is 12.1 Å². The first-order chi connectivity index (χ1) is 37.2. The summed E-state index contributed by atoms with van der Waals surface area (Å²) in [5.74, 6) is -5.48. The fourth-order valence-electron chi connectivity index (χ4n) is 11.6. The van der Waals surface area contributed by atoms with Crippen molar-refractivity contribution < 1.29 is 117 Å². The van der Waals surface area contributed by atoms with Crippen LogP contribution in [0.1, 0.15) is 109 Å². The number of phenols is 2. The van der Waals surface area contributed by atoms with Crippen LogP contribution in [-0.2, 0) is 72.9 Å². The quantitative estimate of drug-likeness (QED) is 0.0674. The number of aliphatic hydroxyl groups excluding tert-OH is 5. The summed E-state index contributed by atoms with van der Waals surface area (Å²) in [5.41, 5.74) is -1.41. The predicted molar refractivity (Wildman–Crippen MR) is 270 cm³/mol. The van der Waals surface area contributed by atoms with Crippen molar-refractivity contribution in [2.45, 2.75) is 236 Å². The lowest BCUT2D eigenvalue weighted by atomic mass is 9.75. The van der Waals surface area contributed by atoms with Crippen LogP contribution in [0.5, 0.6) is 17.2 Å². The Morgan fingerprint density at radius 1 is 0.722 bits per heavy atom. The smallest absolute Gasteiger partial charge is 0.330 e. The Hall–Kier alpha value is -4.32. The molecule has 23 atom stereocenters. The van der Waals surface area contributed by atoms with Gasteiger partial charge in [0.15, 0.2) is 36.7 Å². The molecule has 0 saturated carbocycles. The maximum absolute atomic E-state index is 15.0. The van der Waals surface area contributed by atoms with Gasteiger partial charge in [0.1, 0.15) is 66.1 Å². The maximum atomic E-state index is 15.0. The van der Waals surface area contributed by atoms with Gasteiger partial charge in [-0.15, -0.1) is 0 Å². The Balaban J connectivity index is 1.00. The monoisotopic (exact) mass is 1120 g/mol. The minimum atomic E-state index is -1.62. The first-order valence-electron chi connectivity index (χ1n) is 26.9. The van der Waals surface area contributed by atoms with E-state index in [-0.39, 0.29) is 71.7 Å². The van der Waals surface area contributed by atoms with E-state index in [1.54, 1.807) is 41.5 Å². The second-order valence-electron chi connectivity index (χ2n) is 22.0. The summed E-state index contributed by atoms with van der Waals surface area (Å²) >= 11 is 0. The second-order valence-corrected chi connectivity index (χ2v) is 22.0. The molecule has 5 aliphatic heterocycles. The Morgan fingerprint density at radius 3 is 1.85 bits per heavy atom. The molecule has 0 spiro atoms. The Morgan fingerprint density at radius 2 is 1.27 bits per heavy atom. The van der Waals surface area contributed by atoms with Crippen LogP contribution in [0.2, 0.25) is 0 Å². The molecular weight excluding hydrogens is 1040 g/mol. The minimum absolute atomic E-state index is 0.0403. The van der Waals surface area contributed by atoms with E-state index in [0.717, 1.165) is 6.92 Å². The van der Waals surface area contributed by atoms with Gasteiger partial charge in [-0.05, 0) is 84.9 Å². The maximum Gasteiger partial charge on any atom is 0.330 e. The van der Waals surface area contributed by atoms with Crippen LogP contribution < -0.4 is 4.74 Å². The van der Waals surface area contributed by atoms with Gasteiger partial charge in [-0.25, -0.2) is 4.79 Å². The summed E-state index contributed by atoms with van der Waals surface area (Å²) in [5, 5.41) is 89.5. The summed E-state index contributed by atoms with van der Waals surface area (Å²) in [6.45, 7) is 13.7. The first kappa shape index (κ1) is 60.8. The number of ether oxygens (including phenoxy) is 12. The van der Waals surface area contributed by atoms with E-state index in [0.29, 0.717) is 0 Å². The van der Waals surface area contributed by atoms with Crippen LogP contribution in [0.15, 0.2) is 24.3 Å². The zero-order valence-electron chi connectivity index (χ0n) is 45.9. The molecule has 79 heavy (non-hydrogen) atoms. The van der Waals surface area contributed by atoms with Gasteiger partial charge in [0.25, 0.3) is 0 Å². The fourth-order valence-corrected chi connectivity index (χ4v) is 11.6. The Kier molecular flexibility index (Phi) is 19.0. The standard InChI is InChI=1S/C55H76O24/c1-11-12-36(58)74-33-17-39(70-23(4)46(33)61)77-34-18-38(69-24(5)47(34)62)75-32-15-29-13-28-14-30(52(68-10)45(60)22(3)56)53(50(65)43(28)49(64)42(29)44(59)21(32)2)78-40-19-35(48(63)25(6)71-40)76-37-16-31(57)51(26(7)72-37)79-41-20-55(9,67)54(66)27(8)73-41/h11-13,15,23-27,30-31,33-35,37-41,46-48,51-54,57,59,61-64,66-67H,14,16-20H2,1-10H3/b12-11+/t23-,24-,25-,26-,27-,30+,31-,33-,34+,35-,37-,38+,39+,40+,41+,46-,47-,48-,51+,52+,53+,54-,55+/m1/s1. The van der Waals surface area contributed by atoms with E-state index in [9.17, 15) is 60.0 Å². The molecule has 24 heteroatoms. The summed E-state index contributed by atoms with van der Waals surface area (Å²) in [6, 6.07) is 3.05. The molecule has 440 valence electrons. The van der Waals surface area contributed by atoms with Crippen molar-refractivity contribution >= 4 is 34.1 Å². The molecule has 0 radical (unpaired) electrons. The van der Waals surface area contributed by atoms with E-state index < -0.39 is 175 Å². The highest BCUT2D eigenvalue weighted by Crippen LogP contribution is 2.47. The number of rotatable bonds is 16. The van der Waals surface area contributed by atoms with Gasteiger partial charge in [0, 0.05) is 63.7 Å².